The van der Waals surface area contributed by atoms with Crippen LogP contribution in [-0.4, -0.2) is 12.5 Å². The van der Waals surface area contributed by atoms with Crippen LogP contribution in [0, 0.1) is 0 Å². The van der Waals surface area contributed by atoms with Crippen LogP contribution in [0.4, 0.5) is 0 Å². The summed E-state index contributed by atoms with van der Waals surface area (Å²) in [7, 11) is 0. The van der Waals surface area contributed by atoms with Gasteiger partial charge in [-0.05, 0) is 51.9 Å². The molecular weight excluding hydrogens is 314 g/mol. The molecule has 20 heavy (non-hydrogen) atoms. The van der Waals surface area contributed by atoms with Gasteiger partial charge in [-0.3, -0.25) is 4.79 Å². The Bertz CT molecular complexity index is 546. The first-order valence-electron chi connectivity index (χ1n) is 7.15. The Balaban J connectivity index is 2.05. The van der Waals surface area contributed by atoms with Crippen molar-refractivity contribution in [2.75, 3.05) is 6.54 Å². The lowest BCUT2D eigenvalue weighted by Gasteiger charge is -2.17. The Morgan fingerprint density at radius 3 is 2.95 bits per heavy atom. The van der Waals surface area contributed by atoms with Gasteiger partial charge in [-0.1, -0.05) is 43.7 Å². The number of aryl methyl sites for hydroxylation is 1. The van der Waals surface area contributed by atoms with E-state index in [1.54, 1.807) is 6.08 Å². The molecule has 3 heteroatoms. The summed E-state index contributed by atoms with van der Waals surface area (Å²) in [5.74, 6) is -0.00916. The highest BCUT2D eigenvalue weighted by Crippen LogP contribution is 2.35. The highest BCUT2D eigenvalue weighted by atomic mass is 79.9. The van der Waals surface area contributed by atoms with E-state index in [1.807, 2.05) is 12.1 Å². The van der Waals surface area contributed by atoms with Gasteiger partial charge in [0.1, 0.15) is 0 Å². The molecule has 1 aliphatic rings. The highest BCUT2D eigenvalue weighted by Gasteiger charge is 2.14. The highest BCUT2D eigenvalue weighted by molar-refractivity contribution is 9.15. The molecule has 0 atom stereocenters. The summed E-state index contributed by atoms with van der Waals surface area (Å²) < 4.78 is 1.11. The van der Waals surface area contributed by atoms with Gasteiger partial charge in [0.15, 0.2) is 0 Å². The lowest BCUT2D eigenvalue weighted by atomic mass is 9.92. The average Bonchev–Trinajstić information content (AvgIpc) is 2.47. The maximum absolute atomic E-state index is 11.7. The minimum absolute atomic E-state index is 0.00916. The molecule has 0 radical (unpaired) electrons. The smallest absolute Gasteiger partial charge is 0.243 e. The number of carbonyl (C=O) groups excluding carboxylic acids is 1. The number of nitrogens with one attached hydrogen (secondary N) is 1. The van der Waals surface area contributed by atoms with Crippen LogP contribution < -0.4 is 5.32 Å². The first kappa shape index (κ1) is 15.0. The molecule has 0 aliphatic heterocycles. The number of rotatable bonds is 5. The van der Waals surface area contributed by atoms with Crippen molar-refractivity contribution in [2.45, 2.75) is 32.6 Å². The summed E-state index contributed by atoms with van der Waals surface area (Å²) in [5.41, 5.74) is 3.79. The number of hydrogen-bond donors (Lipinski definition) is 1. The van der Waals surface area contributed by atoms with E-state index in [2.05, 4.69) is 46.4 Å². The molecule has 2 rings (SSSR count). The van der Waals surface area contributed by atoms with Gasteiger partial charge in [0.05, 0.1) is 0 Å². The molecule has 0 bridgehead atoms. The molecular formula is C17H20BrNO. The number of fused-ring (bicyclic) bond motifs is 1. The summed E-state index contributed by atoms with van der Waals surface area (Å²) in [4.78, 5) is 11.7. The molecule has 0 spiro atoms. The van der Waals surface area contributed by atoms with Crippen molar-refractivity contribution < 1.29 is 4.79 Å². The van der Waals surface area contributed by atoms with Gasteiger partial charge in [0.25, 0.3) is 0 Å². The monoisotopic (exact) mass is 333 g/mol. The van der Waals surface area contributed by atoms with Crippen LogP contribution >= 0.6 is 15.9 Å². The molecule has 1 aliphatic carbocycles. The van der Waals surface area contributed by atoms with Gasteiger partial charge in [-0.15, -0.1) is 0 Å². The molecule has 2 nitrogen and oxygen atoms in total. The fourth-order valence-corrected chi connectivity index (χ4v) is 3.00. The zero-order chi connectivity index (χ0) is 14.4. The molecule has 0 aromatic heterocycles. The van der Waals surface area contributed by atoms with Gasteiger partial charge in [0.2, 0.25) is 5.91 Å². The van der Waals surface area contributed by atoms with E-state index in [1.165, 1.54) is 16.7 Å². The molecule has 1 aromatic rings. The van der Waals surface area contributed by atoms with Gasteiger partial charge < -0.3 is 5.32 Å². The molecule has 0 heterocycles. The minimum Gasteiger partial charge on any atom is -0.353 e. The summed E-state index contributed by atoms with van der Waals surface area (Å²) >= 11 is 3.66. The Kier molecular flexibility index (Phi) is 5.60. The Morgan fingerprint density at radius 1 is 1.35 bits per heavy atom. The van der Waals surface area contributed by atoms with Gasteiger partial charge >= 0.3 is 0 Å². The van der Waals surface area contributed by atoms with Crippen LogP contribution in [0.5, 0.6) is 0 Å². The van der Waals surface area contributed by atoms with Gasteiger partial charge in [0, 0.05) is 17.1 Å². The summed E-state index contributed by atoms with van der Waals surface area (Å²) in [6.07, 6.45) is 7.69. The van der Waals surface area contributed by atoms with Gasteiger partial charge in [-0.2, -0.15) is 0 Å². The normalized spacial score (nSPS) is 14.5. The van der Waals surface area contributed by atoms with Crippen molar-refractivity contribution in [3.8, 4) is 0 Å². The van der Waals surface area contributed by atoms with Crippen LogP contribution in [0.25, 0.3) is 4.48 Å². The van der Waals surface area contributed by atoms with Gasteiger partial charge in [-0.25, -0.2) is 0 Å². The SMILES string of the molecule is CCCCNC(=O)C=CC1=C(Br)c2ccccc2CC1. The van der Waals surface area contributed by atoms with Crippen LogP contribution in [-0.2, 0) is 11.2 Å². The number of halogens is 1. The molecule has 0 unspecified atom stereocenters. The van der Waals surface area contributed by atoms with E-state index >= 15 is 0 Å². The minimum atomic E-state index is -0.00916. The molecule has 0 fully saturated rings. The number of benzene rings is 1. The summed E-state index contributed by atoms with van der Waals surface area (Å²) in [6, 6.07) is 8.40. The predicted octanol–water partition coefficient (Wildman–Crippen LogP) is 4.21. The first-order chi connectivity index (χ1) is 9.72. The van der Waals surface area contributed by atoms with E-state index in [9.17, 15) is 4.79 Å². The Morgan fingerprint density at radius 2 is 2.15 bits per heavy atom. The first-order valence-corrected chi connectivity index (χ1v) is 7.94. The van der Waals surface area contributed by atoms with Crippen molar-refractivity contribution in [3.05, 3.63) is 53.1 Å². The molecule has 1 N–H and O–H groups in total. The zero-order valence-corrected chi connectivity index (χ0v) is 13.4. The Hall–Kier alpha value is -1.35. The second kappa shape index (κ2) is 7.44. The molecule has 0 saturated carbocycles. The van der Waals surface area contributed by atoms with E-state index in [4.69, 9.17) is 0 Å². The third kappa shape index (κ3) is 3.83. The number of unbranched alkanes of at least 4 members (excludes halogenated alkanes) is 1. The standard InChI is InChI=1S/C17H20BrNO/c1-2-3-12-19-16(20)11-10-14-9-8-13-6-4-5-7-15(13)17(14)18/h4-7,10-11H,2-3,8-9,12H2,1H3,(H,19,20). The number of carbonyl (C=O) groups is 1. The number of hydrogen-bond acceptors (Lipinski definition) is 1. The van der Waals surface area contributed by atoms with Crippen molar-refractivity contribution in [3.63, 3.8) is 0 Å². The lowest BCUT2D eigenvalue weighted by molar-refractivity contribution is -0.116. The second-order valence-corrected chi connectivity index (χ2v) is 5.77. The fraction of sp³-hybridized carbons (Fsp3) is 0.353. The predicted molar refractivity (Wildman–Crippen MR) is 87.7 cm³/mol. The third-order valence-electron chi connectivity index (χ3n) is 3.46. The zero-order valence-electron chi connectivity index (χ0n) is 11.8. The van der Waals surface area contributed by atoms with Crippen molar-refractivity contribution in [2.24, 2.45) is 0 Å². The average molecular weight is 334 g/mol. The third-order valence-corrected chi connectivity index (χ3v) is 4.40. The number of allylic oxidation sites excluding steroid dienone is 2. The summed E-state index contributed by atoms with van der Waals surface area (Å²) in [6.45, 7) is 2.87. The van der Waals surface area contributed by atoms with Crippen LogP contribution in [0.2, 0.25) is 0 Å². The van der Waals surface area contributed by atoms with E-state index in [0.29, 0.717) is 0 Å². The van der Waals surface area contributed by atoms with Crippen LogP contribution in [0.1, 0.15) is 37.3 Å². The molecule has 1 aromatic carbocycles. The molecule has 1 amide bonds. The van der Waals surface area contributed by atoms with E-state index in [0.717, 1.165) is 36.7 Å². The summed E-state index contributed by atoms with van der Waals surface area (Å²) in [5, 5.41) is 2.89. The lowest BCUT2D eigenvalue weighted by Crippen LogP contribution is -2.21. The maximum Gasteiger partial charge on any atom is 0.243 e. The molecule has 0 saturated heterocycles. The van der Waals surface area contributed by atoms with Crippen molar-refractivity contribution in [1.82, 2.24) is 5.32 Å². The van der Waals surface area contributed by atoms with E-state index < -0.39 is 0 Å². The van der Waals surface area contributed by atoms with E-state index in [-0.39, 0.29) is 5.91 Å². The Labute approximate surface area is 129 Å². The quantitative estimate of drug-likeness (QED) is 0.634. The second-order valence-electron chi connectivity index (χ2n) is 4.97. The fourth-order valence-electron chi connectivity index (χ4n) is 2.28. The van der Waals surface area contributed by atoms with Crippen LogP contribution in [0.3, 0.4) is 0 Å². The maximum atomic E-state index is 11.7. The largest absolute Gasteiger partial charge is 0.353 e. The van der Waals surface area contributed by atoms with Crippen LogP contribution in [0.15, 0.2) is 42.0 Å². The topological polar surface area (TPSA) is 29.1 Å². The molecule has 106 valence electrons. The number of amides is 1. The van der Waals surface area contributed by atoms with Crippen molar-refractivity contribution in [1.29, 1.82) is 0 Å². The van der Waals surface area contributed by atoms with Crippen molar-refractivity contribution >= 4 is 26.3 Å².